The third kappa shape index (κ3) is 3.96. The molecule has 0 atom stereocenters. The Morgan fingerprint density at radius 2 is 1.65 bits per heavy atom. The molecule has 2 rings (SSSR count). The lowest BCUT2D eigenvalue weighted by Crippen LogP contribution is -2.47. The van der Waals surface area contributed by atoms with Crippen LogP contribution >= 0.6 is 0 Å². The first-order chi connectivity index (χ1) is 9.36. The zero-order chi connectivity index (χ0) is 13.5. The van der Waals surface area contributed by atoms with E-state index in [-0.39, 0.29) is 14.3 Å². The quantitative estimate of drug-likeness (QED) is 0.814. The van der Waals surface area contributed by atoms with Gasteiger partial charge in [-0.3, -0.25) is 0 Å². The summed E-state index contributed by atoms with van der Waals surface area (Å²) >= 11 is 0. The average molecular weight is 269 g/mol. The third-order valence-corrected chi connectivity index (χ3v) is 3.22. The molecule has 0 spiro atoms. The van der Waals surface area contributed by atoms with Crippen molar-refractivity contribution in [2.45, 2.75) is 20.8 Å². The van der Waals surface area contributed by atoms with E-state index in [4.69, 9.17) is 10.4 Å². The zero-order valence-corrected chi connectivity index (χ0v) is 11.4. The Bertz CT molecular complexity index is 501. The van der Waals surface area contributed by atoms with Crippen LogP contribution in [-0.4, -0.2) is 20.1 Å². The molecule has 0 saturated heterocycles. The van der Waals surface area contributed by atoms with E-state index in [9.17, 15) is 0 Å². The lowest BCUT2D eigenvalue weighted by atomic mass is 9.54. The zero-order valence-electron chi connectivity index (χ0n) is 11.4. The summed E-state index contributed by atoms with van der Waals surface area (Å²) in [5.41, 5.74) is 9.32. The summed E-state index contributed by atoms with van der Waals surface area (Å²) in [7, 11) is 0. The van der Waals surface area contributed by atoms with Crippen molar-refractivity contribution >= 4 is 17.8 Å². The molecular weight excluding hydrogens is 245 g/mol. The second-order valence-electron chi connectivity index (χ2n) is 4.50. The lowest BCUT2D eigenvalue weighted by Gasteiger charge is -2.17. The minimum absolute atomic E-state index is 0. The molecule has 0 aromatic heterocycles. The summed E-state index contributed by atoms with van der Waals surface area (Å²) in [6.07, 6.45) is 1.01. The Hall–Kier alpha value is -1.58. The third-order valence-electron chi connectivity index (χ3n) is 3.22. The van der Waals surface area contributed by atoms with Crippen LogP contribution in [0.3, 0.4) is 0 Å². The minimum atomic E-state index is -0.0269. The predicted molar refractivity (Wildman–Crippen MR) is 89.0 cm³/mol. The molecule has 106 valence electrons. The van der Waals surface area contributed by atoms with Crippen LogP contribution in [0.5, 0.6) is 0 Å². The molecule has 0 aliphatic carbocycles. The van der Waals surface area contributed by atoms with Gasteiger partial charge in [0.25, 0.3) is 0 Å². The molecule has 0 aliphatic rings. The molecule has 2 aromatic carbocycles. The molecular formula is C17H24BNO. The first-order valence-corrected chi connectivity index (χ1v) is 6.81. The molecule has 0 aliphatic heterocycles. The number of hydrogen-bond donors (Lipinski definition) is 1. The Morgan fingerprint density at radius 1 is 1.00 bits per heavy atom. The average Bonchev–Trinajstić information content (AvgIpc) is 2.49. The van der Waals surface area contributed by atoms with E-state index < -0.39 is 0 Å². The SMILES string of the molecule is C.CCc1ccccc1B(OCCN)c1ccccc1. The summed E-state index contributed by atoms with van der Waals surface area (Å²) in [6, 6.07) is 18.8. The standard InChI is InChI=1S/C16H20BNO.CH4/c1-2-14-8-6-7-11-16(14)17(19-13-12-18)15-9-4-3-5-10-15;/h3-11H,2,12-13,18H2,1H3;1H4. The molecule has 2 aromatic rings. The van der Waals surface area contributed by atoms with Gasteiger partial charge < -0.3 is 10.4 Å². The van der Waals surface area contributed by atoms with Crippen molar-refractivity contribution in [3.05, 3.63) is 60.2 Å². The smallest absolute Gasteiger partial charge is 0.361 e. The van der Waals surface area contributed by atoms with E-state index in [0.29, 0.717) is 13.2 Å². The fourth-order valence-electron chi connectivity index (χ4n) is 2.29. The second-order valence-corrected chi connectivity index (χ2v) is 4.50. The van der Waals surface area contributed by atoms with Gasteiger partial charge in [0.05, 0.1) is 0 Å². The van der Waals surface area contributed by atoms with Crippen molar-refractivity contribution in [1.82, 2.24) is 0 Å². The van der Waals surface area contributed by atoms with Crippen LogP contribution < -0.4 is 16.7 Å². The van der Waals surface area contributed by atoms with Gasteiger partial charge in [-0.1, -0.05) is 74.5 Å². The number of rotatable bonds is 6. The molecule has 0 bridgehead atoms. The highest BCUT2D eigenvalue weighted by Crippen LogP contribution is 2.02. The first-order valence-electron chi connectivity index (χ1n) is 6.81. The Labute approximate surface area is 123 Å². The fraction of sp³-hybridized carbons (Fsp3) is 0.294. The van der Waals surface area contributed by atoms with E-state index in [2.05, 4.69) is 43.3 Å². The molecule has 3 heteroatoms. The molecule has 0 amide bonds. The van der Waals surface area contributed by atoms with Crippen LogP contribution in [0.2, 0.25) is 0 Å². The number of nitrogens with two attached hydrogens (primary N) is 1. The van der Waals surface area contributed by atoms with Crippen LogP contribution in [0.1, 0.15) is 19.9 Å². The van der Waals surface area contributed by atoms with E-state index in [1.165, 1.54) is 16.5 Å². The lowest BCUT2D eigenvalue weighted by molar-refractivity contribution is 0.344. The predicted octanol–water partition coefficient (Wildman–Crippen LogP) is 1.97. The van der Waals surface area contributed by atoms with Crippen LogP contribution in [0, 0.1) is 0 Å². The molecule has 0 saturated carbocycles. The highest BCUT2D eigenvalue weighted by molar-refractivity contribution is 6.80. The summed E-state index contributed by atoms with van der Waals surface area (Å²) in [4.78, 5) is 0. The molecule has 0 unspecified atom stereocenters. The van der Waals surface area contributed by atoms with Gasteiger partial charge in [-0.25, -0.2) is 0 Å². The van der Waals surface area contributed by atoms with Crippen molar-refractivity contribution in [2.75, 3.05) is 13.2 Å². The topological polar surface area (TPSA) is 35.2 Å². The molecule has 2 N–H and O–H groups in total. The first kappa shape index (κ1) is 16.5. The van der Waals surface area contributed by atoms with Crippen LogP contribution in [0.15, 0.2) is 54.6 Å². The van der Waals surface area contributed by atoms with Gasteiger partial charge in [-0.2, -0.15) is 0 Å². The van der Waals surface area contributed by atoms with E-state index in [1.54, 1.807) is 0 Å². The van der Waals surface area contributed by atoms with Crippen molar-refractivity contribution in [2.24, 2.45) is 5.73 Å². The fourth-order valence-corrected chi connectivity index (χ4v) is 2.29. The van der Waals surface area contributed by atoms with Crippen LogP contribution in [0.25, 0.3) is 0 Å². The highest BCUT2D eigenvalue weighted by atomic mass is 16.4. The Balaban J connectivity index is 0.00000200. The molecule has 0 fully saturated rings. The monoisotopic (exact) mass is 269 g/mol. The summed E-state index contributed by atoms with van der Waals surface area (Å²) < 4.78 is 5.98. The van der Waals surface area contributed by atoms with E-state index >= 15 is 0 Å². The number of hydrogen-bond acceptors (Lipinski definition) is 2. The number of benzene rings is 2. The van der Waals surface area contributed by atoms with Crippen molar-refractivity contribution in [3.8, 4) is 0 Å². The van der Waals surface area contributed by atoms with Gasteiger partial charge >= 0.3 is 6.92 Å². The Morgan fingerprint density at radius 3 is 2.30 bits per heavy atom. The summed E-state index contributed by atoms with van der Waals surface area (Å²) in [6.45, 7) is 3.25. The van der Waals surface area contributed by atoms with Gasteiger partial charge in [-0.05, 0) is 17.3 Å². The van der Waals surface area contributed by atoms with Gasteiger partial charge in [0, 0.05) is 13.2 Å². The van der Waals surface area contributed by atoms with E-state index in [0.717, 1.165) is 6.42 Å². The molecule has 2 nitrogen and oxygen atoms in total. The minimum Gasteiger partial charge on any atom is -0.426 e. The summed E-state index contributed by atoms with van der Waals surface area (Å²) in [5.74, 6) is 0. The molecule has 0 heterocycles. The van der Waals surface area contributed by atoms with Crippen molar-refractivity contribution < 1.29 is 4.65 Å². The maximum Gasteiger partial charge on any atom is 0.361 e. The van der Waals surface area contributed by atoms with E-state index in [1.807, 2.05) is 18.2 Å². The van der Waals surface area contributed by atoms with Crippen LogP contribution in [0.4, 0.5) is 0 Å². The maximum atomic E-state index is 5.98. The number of aryl methyl sites for hydroxylation is 1. The Kier molecular flexibility index (Phi) is 7.06. The van der Waals surface area contributed by atoms with Gasteiger partial charge in [0.1, 0.15) is 0 Å². The molecule has 20 heavy (non-hydrogen) atoms. The highest BCUT2D eigenvalue weighted by Gasteiger charge is 2.22. The molecule has 0 radical (unpaired) electrons. The maximum absolute atomic E-state index is 5.98. The summed E-state index contributed by atoms with van der Waals surface area (Å²) in [5, 5.41) is 0. The normalized spacial score (nSPS) is 9.90. The van der Waals surface area contributed by atoms with Crippen molar-refractivity contribution in [3.63, 3.8) is 0 Å². The second kappa shape index (κ2) is 8.57. The van der Waals surface area contributed by atoms with Gasteiger partial charge in [0.2, 0.25) is 0 Å². The van der Waals surface area contributed by atoms with Gasteiger partial charge in [-0.15, -0.1) is 0 Å². The van der Waals surface area contributed by atoms with Gasteiger partial charge in [0.15, 0.2) is 0 Å². The largest absolute Gasteiger partial charge is 0.426 e. The van der Waals surface area contributed by atoms with Crippen molar-refractivity contribution in [1.29, 1.82) is 0 Å². The van der Waals surface area contributed by atoms with Crippen LogP contribution in [-0.2, 0) is 11.1 Å².